The van der Waals surface area contributed by atoms with E-state index in [9.17, 15) is 18.0 Å². The Hall–Kier alpha value is -2.12. The topological polar surface area (TPSA) is 41.1 Å². The molecule has 132 valence electrons. The number of rotatable bonds is 4. The van der Waals surface area contributed by atoms with E-state index in [1.54, 1.807) is 12.1 Å². The molecule has 0 aromatic heterocycles. The molecule has 0 aliphatic heterocycles. The van der Waals surface area contributed by atoms with Gasteiger partial charge in [0.15, 0.2) is 5.11 Å². The number of amides is 1. The maximum absolute atomic E-state index is 12.7. The molecule has 3 nitrogen and oxygen atoms in total. The van der Waals surface area contributed by atoms with Crippen molar-refractivity contribution in [2.24, 2.45) is 0 Å². The first-order valence-corrected chi connectivity index (χ1v) is 8.06. The number of nitrogens with one attached hydrogen (secondary N) is 2. The number of carbonyl (C=O) groups excluding carboxylic acids is 1. The minimum atomic E-state index is -4.45. The highest BCUT2D eigenvalue weighted by Gasteiger charge is 2.30. The first-order valence-electron chi connectivity index (χ1n) is 7.27. The number of aryl methyl sites for hydroxylation is 1. The van der Waals surface area contributed by atoms with Gasteiger partial charge >= 0.3 is 6.18 Å². The number of alkyl halides is 3. The lowest BCUT2D eigenvalue weighted by atomic mass is 10.1. The van der Waals surface area contributed by atoms with Crippen molar-refractivity contribution in [1.29, 1.82) is 0 Å². The highest BCUT2D eigenvalue weighted by molar-refractivity contribution is 7.80. The molecule has 0 atom stereocenters. The average molecular weight is 387 g/mol. The van der Waals surface area contributed by atoms with Crippen LogP contribution in [-0.4, -0.2) is 11.0 Å². The van der Waals surface area contributed by atoms with Crippen LogP contribution in [0.4, 0.5) is 18.9 Å². The number of hydrogen-bond acceptors (Lipinski definition) is 2. The first-order chi connectivity index (χ1) is 11.8. The number of carbonyl (C=O) groups is 1. The Balaban J connectivity index is 1.88. The highest BCUT2D eigenvalue weighted by atomic mass is 35.5. The van der Waals surface area contributed by atoms with Gasteiger partial charge in [-0.15, -0.1) is 0 Å². The van der Waals surface area contributed by atoms with Gasteiger partial charge in [0.05, 0.1) is 5.56 Å². The van der Waals surface area contributed by atoms with Crippen LogP contribution in [-0.2, 0) is 17.4 Å². The van der Waals surface area contributed by atoms with Crippen LogP contribution in [0, 0.1) is 0 Å². The predicted molar refractivity (Wildman–Crippen MR) is 95.6 cm³/mol. The number of anilines is 1. The van der Waals surface area contributed by atoms with Crippen molar-refractivity contribution in [2.45, 2.75) is 19.0 Å². The van der Waals surface area contributed by atoms with Gasteiger partial charge in [-0.3, -0.25) is 4.79 Å². The predicted octanol–water partition coefficient (Wildman–Crippen LogP) is 4.80. The fourth-order valence-electron chi connectivity index (χ4n) is 2.07. The van der Waals surface area contributed by atoms with E-state index in [-0.39, 0.29) is 23.1 Å². The van der Waals surface area contributed by atoms with E-state index in [2.05, 4.69) is 10.6 Å². The third kappa shape index (κ3) is 6.03. The van der Waals surface area contributed by atoms with E-state index in [1.807, 2.05) is 12.1 Å². The largest absolute Gasteiger partial charge is 0.416 e. The second-order valence-corrected chi connectivity index (χ2v) is 5.99. The van der Waals surface area contributed by atoms with Crippen LogP contribution in [0.2, 0.25) is 5.02 Å². The Morgan fingerprint density at radius 1 is 1.12 bits per heavy atom. The second kappa shape index (κ2) is 8.31. The summed E-state index contributed by atoms with van der Waals surface area (Å²) in [5.74, 6) is -0.357. The summed E-state index contributed by atoms with van der Waals surface area (Å²) in [6.45, 7) is 0. The normalized spacial score (nSPS) is 11.0. The van der Waals surface area contributed by atoms with Crippen LogP contribution in [0.3, 0.4) is 0 Å². The number of benzene rings is 2. The molecule has 0 unspecified atom stereocenters. The van der Waals surface area contributed by atoms with Crippen LogP contribution in [0.15, 0.2) is 48.5 Å². The van der Waals surface area contributed by atoms with E-state index >= 15 is 0 Å². The highest BCUT2D eigenvalue weighted by Crippen LogP contribution is 2.30. The summed E-state index contributed by atoms with van der Waals surface area (Å²) in [6.07, 6.45) is -3.87. The number of halogens is 4. The monoisotopic (exact) mass is 386 g/mol. The molecule has 8 heteroatoms. The smallest absolute Gasteiger partial charge is 0.332 e. The summed E-state index contributed by atoms with van der Waals surface area (Å²) >= 11 is 11.0. The van der Waals surface area contributed by atoms with Crippen molar-refractivity contribution >= 4 is 40.5 Å². The molecule has 0 aliphatic rings. The van der Waals surface area contributed by atoms with E-state index < -0.39 is 11.7 Å². The van der Waals surface area contributed by atoms with Crippen molar-refractivity contribution < 1.29 is 18.0 Å². The van der Waals surface area contributed by atoms with E-state index in [0.717, 1.165) is 17.7 Å². The minimum absolute atomic E-state index is 0.0662. The Labute approximate surface area is 153 Å². The molecule has 0 saturated heterocycles. The van der Waals surface area contributed by atoms with Gasteiger partial charge in [-0.1, -0.05) is 35.9 Å². The quantitative estimate of drug-likeness (QED) is 0.741. The summed E-state index contributed by atoms with van der Waals surface area (Å²) in [7, 11) is 0. The van der Waals surface area contributed by atoms with Gasteiger partial charge in [0, 0.05) is 17.1 Å². The molecule has 0 saturated carbocycles. The Morgan fingerprint density at radius 3 is 2.52 bits per heavy atom. The summed E-state index contributed by atoms with van der Waals surface area (Å²) in [5.41, 5.74) is 0.174. The van der Waals surface area contributed by atoms with Gasteiger partial charge in [0.1, 0.15) is 0 Å². The minimum Gasteiger partial charge on any atom is -0.332 e. The molecule has 0 heterocycles. The molecule has 2 N–H and O–H groups in total. The summed E-state index contributed by atoms with van der Waals surface area (Å²) < 4.78 is 38.0. The molecule has 0 radical (unpaired) electrons. The van der Waals surface area contributed by atoms with Crippen LogP contribution >= 0.6 is 23.8 Å². The summed E-state index contributed by atoms with van der Waals surface area (Å²) in [5, 5.41) is 5.50. The van der Waals surface area contributed by atoms with Crippen LogP contribution in [0.25, 0.3) is 0 Å². The van der Waals surface area contributed by atoms with Gasteiger partial charge in [-0.25, -0.2) is 0 Å². The molecular weight excluding hydrogens is 373 g/mol. The zero-order valence-electron chi connectivity index (χ0n) is 12.9. The van der Waals surface area contributed by atoms with Gasteiger partial charge in [0.25, 0.3) is 0 Å². The van der Waals surface area contributed by atoms with E-state index in [4.69, 9.17) is 23.8 Å². The average Bonchev–Trinajstić information content (AvgIpc) is 2.53. The van der Waals surface area contributed by atoms with Crippen molar-refractivity contribution in [2.75, 3.05) is 5.32 Å². The molecular formula is C17H14ClF3N2OS. The number of hydrogen-bond donors (Lipinski definition) is 2. The van der Waals surface area contributed by atoms with Crippen molar-refractivity contribution in [3.8, 4) is 0 Å². The molecule has 2 aromatic carbocycles. The van der Waals surface area contributed by atoms with E-state index in [1.165, 1.54) is 12.1 Å². The third-order valence-electron chi connectivity index (χ3n) is 3.28. The van der Waals surface area contributed by atoms with Crippen molar-refractivity contribution in [1.82, 2.24) is 5.32 Å². The van der Waals surface area contributed by atoms with Crippen molar-refractivity contribution in [3.05, 3.63) is 64.7 Å². The Kier molecular flexibility index (Phi) is 6.39. The summed E-state index contributed by atoms with van der Waals surface area (Å²) in [6, 6.07) is 11.7. The van der Waals surface area contributed by atoms with Crippen molar-refractivity contribution in [3.63, 3.8) is 0 Å². The number of thiocarbonyl (C=S) groups is 1. The fourth-order valence-corrected chi connectivity index (χ4v) is 2.54. The Bertz CT molecular complexity index is 780. The zero-order valence-corrected chi connectivity index (χ0v) is 14.4. The maximum atomic E-state index is 12.7. The lowest BCUT2D eigenvalue weighted by Crippen LogP contribution is -2.34. The second-order valence-electron chi connectivity index (χ2n) is 5.17. The zero-order chi connectivity index (χ0) is 18.4. The molecule has 2 rings (SSSR count). The Morgan fingerprint density at radius 2 is 1.84 bits per heavy atom. The fraction of sp³-hybridized carbons (Fsp3) is 0.176. The van der Waals surface area contributed by atoms with Crippen LogP contribution in [0.5, 0.6) is 0 Å². The van der Waals surface area contributed by atoms with Crippen LogP contribution in [0.1, 0.15) is 17.5 Å². The molecule has 0 aliphatic carbocycles. The SMILES string of the molecule is O=C(CCc1ccccc1Cl)NC(=S)Nc1cccc(C(F)(F)F)c1. The molecule has 2 aromatic rings. The maximum Gasteiger partial charge on any atom is 0.416 e. The van der Waals surface area contributed by atoms with Gasteiger partial charge in [0.2, 0.25) is 5.91 Å². The van der Waals surface area contributed by atoms with Gasteiger partial charge in [-0.2, -0.15) is 13.2 Å². The van der Waals surface area contributed by atoms with Gasteiger partial charge in [-0.05, 0) is 48.5 Å². The molecule has 0 fully saturated rings. The molecule has 0 bridgehead atoms. The third-order valence-corrected chi connectivity index (χ3v) is 3.85. The van der Waals surface area contributed by atoms with E-state index in [0.29, 0.717) is 11.4 Å². The molecule has 25 heavy (non-hydrogen) atoms. The lowest BCUT2D eigenvalue weighted by Gasteiger charge is -2.12. The molecule has 0 spiro atoms. The lowest BCUT2D eigenvalue weighted by molar-refractivity contribution is -0.137. The first kappa shape index (κ1) is 19.2. The van der Waals surface area contributed by atoms with Crippen LogP contribution < -0.4 is 10.6 Å². The molecule has 1 amide bonds. The standard InChI is InChI=1S/C17H14ClF3N2OS/c18-14-7-2-1-4-11(14)8-9-15(24)23-16(25)22-13-6-3-5-12(10-13)17(19,20)21/h1-7,10H,8-9H2,(H2,22,23,24,25). The van der Waals surface area contributed by atoms with Gasteiger partial charge < -0.3 is 10.6 Å². The summed E-state index contributed by atoms with van der Waals surface area (Å²) in [4.78, 5) is 11.9.